The Morgan fingerprint density at radius 3 is 2.50 bits per heavy atom. The molecule has 0 fully saturated rings. The Balaban J connectivity index is 1.82. The largest absolute Gasteiger partial charge is 0.484 e. The predicted molar refractivity (Wildman–Crippen MR) is 97.7 cm³/mol. The van der Waals surface area contributed by atoms with Gasteiger partial charge in [0, 0.05) is 0 Å². The van der Waals surface area contributed by atoms with Crippen LogP contribution >= 0.6 is 0 Å². The highest BCUT2D eigenvalue weighted by molar-refractivity contribution is 5.82. The number of nitrogens with zero attached hydrogens (tertiary/aromatic N) is 1. The van der Waals surface area contributed by atoms with E-state index in [-0.39, 0.29) is 12.5 Å². The van der Waals surface area contributed by atoms with E-state index in [2.05, 4.69) is 24.4 Å². The van der Waals surface area contributed by atoms with Crippen LogP contribution in [0.25, 0.3) is 0 Å². The molecule has 0 aliphatic heterocycles. The van der Waals surface area contributed by atoms with Gasteiger partial charge in [0.05, 0.1) is 6.21 Å². The van der Waals surface area contributed by atoms with Crippen LogP contribution < -0.4 is 10.2 Å². The molecule has 0 aliphatic carbocycles. The van der Waals surface area contributed by atoms with Crippen LogP contribution in [0.5, 0.6) is 5.75 Å². The molecule has 0 spiro atoms. The number of rotatable bonds is 6. The molecular formula is C20H24N2O2. The quantitative estimate of drug-likeness (QED) is 0.646. The first-order valence-electron chi connectivity index (χ1n) is 8.07. The van der Waals surface area contributed by atoms with Crippen molar-refractivity contribution in [2.45, 2.75) is 33.6 Å². The highest BCUT2D eigenvalue weighted by atomic mass is 16.5. The summed E-state index contributed by atoms with van der Waals surface area (Å²) in [7, 11) is 0. The van der Waals surface area contributed by atoms with Crippen molar-refractivity contribution in [2.75, 3.05) is 6.61 Å². The molecule has 0 aromatic heterocycles. The smallest absolute Gasteiger partial charge is 0.277 e. The highest BCUT2D eigenvalue weighted by Gasteiger charge is 2.06. The van der Waals surface area contributed by atoms with Crippen molar-refractivity contribution in [1.29, 1.82) is 0 Å². The van der Waals surface area contributed by atoms with E-state index in [4.69, 9.17) is 4.74 Å². The molecule has 2 aromatic carbocycles. The van der Waals surface area contributed by atoms with Gasteiger partial charge < -0.3 is 4.74 Å². The van der Waals surface area contributed by atoms with Crippen LogP contribution in [0.1, 0.15) is 42.0 Å². The van der Waals surface area contributed by atoms with Crippen molar-refractivity contribution in [3.8, 4) is 5.75 Å². The van der Waals surface area contributed by atoms with Crippen molar-refractivity contribution in [2.24, 2.45) is 5.10 Å². The van der Waals surface area contributed by atoms with E-state index in [1.165, 1.54) is 16.7 Å². The summed E-state index contributed by atoms with van der Waals surface area (Å²) in [4.78, 5) is 11.8. The number of carbonyl (C=O) groups excluding carboxylic acids is 1. The first kappa shape index (κ1) is 17.7. The molecule has 2 rings (SSSR count). The topological polar surface area (TPSA) is 50.7 Å². The Hall–Kier alpha value is -2.62. The molecule has 4 heteroatoms. The third-order valence-corrected chi connectivity index (χ3v) is 3.71. The van der Waals surface area contributed by atoms with Gasteiger partial charge in [-0.1, -0.05) is 49.7 Å². The van der Waals surface area contributed by atoms with E-state index in [1.54, 1.807) is 6.21 Å². The first-order valence-corrected chi connectivity index (χ1v) is 8.07. The molecule has 0 unspecified atom stereocenters. The second-order valence-corrected chi connectivity index (χ2v) is 6.17. The van der Waals surface area contributed by atoms with Crippen LogP contribution in [0.3, 0.4) is 0 Å². The monoisotopic (exact) mass is 324 g/mol. The van der Waals surface area contributed by atoms with Crippen LogP contribution in [0.2, 0.25) is 0 Å². The van der Waals surface area contributed by atoms with Crippen LogP contribution in [-0.2, 0) is 4.79 Å². The fourth-order valence-corrected chi connectivity index (χ4v) is 2.40. The van der Waals surface area contributed by atoms with Crippen molar-refractivity contribution < 1.29 is 9.53 Å². The lowest BCUT2D eigenvalue weighted by atomic mass is 9.98. The first-order chi connectivity index (χ1) is 11.5. The van der Waals surface area contributed by atoms with Crippen molar-refractivity contribution in [3.05, 3.63) is 64.7 Å². The van der Waals surface area contributed by atoms with Gasteiger partial charge in [0.2, 0.25) is 0 Å². The van der Waals surface area contributed by atoms with Gasteiger partial charge >= 0.3 is 0 Å². The van der Waals surface area contributed by atoms with Gasteiger partial charge in [-0.05, 0) is 48.6 Å². The molecule has 1 amide bonds. The van der Waals surface area contributed by atoms with E-state index in [0.717, 1.165) is 5.56 Å². The normalized spacial score (nSPS) is 11.0. The van der Waals surface area contributed by atoms with Gasteiger partial charge in [0.1, 0.15) is 5.75 Å². The summed E-state index contributed by atoms with van der Waals surface area (Å²) < 4.78 is 5.52. The molecule has 126 valence electrons. The van der Waals surface area contributed by atoms with Crippen LogP contribution in [0.15, 0.2) is 47.6 Å². The number of nitrogens with one attached hydrogen (secondary N) is 1. The zero-order chi connectivity index (χ0) is 17.5. The van der Waals surface area contributed by atoms with Gasteiger partial charge in [-0.25, -0.2) is 5.43 Å². The molecular weight excluding hydrogens is 300 g/mol. The minimum absolute atomic E-state index is 0.0638. The summed E-state index contributed by atoms with van der Waals surface area (Å²) in [5.41, 5.74) is 7.04. The maximum atomic E-state index is 11.8. The van der Waals surface area contributed by atoms with E-state index < -0.39 is 0 Å². The third-order valence-electron chi connectivity index (χ3n) is 3.71. The molecule has 0 heterocycles. The number of hydrazone groups is 1. The summed E-state index contributed by atoms with van der Waals surface area (Å²) in [6.45, 7) is 8.32. The van der Waals surface area contributed by atoms with Gasteiger partial charge in [0.25, 0.3) is 5.91 Å². The molecule has 0 radical (unpaired) electrons. The predicted octanol–water partition coefficient (Wildman–Crippen LogP) is 3.96. The number of amides is 1. The zero-order valence-electron chi connectivity index (χ0n) is 14.7. The standard InChI is InChI=1S/C20H24N2O2/c1-14(2)19-10-9-18(11-16(19)4)24-13-20(23)22-21-12-17-7-5-15(3)6-8-17/h5-12,14H,13H2,1-4H3,(H,22,23)/b21-12+. The molecule has 2 aromatic rings. The van der Waals surface area contributed by atoms with E-state index in [9.17, 15) is 4.79 Å². The third kappa shape index (κ3) is 5.23. The van der Waals surface area contributed by atoms with Crippen LogP contribution in [0.4, 0.5) is 0 Å². The van der Waals surface area contributed by atoms with Crippen LogP contribution in [-0.4, -0.2) is 18.7 Å². The number of ether oxygens (including phenoxy) is 1. The van der Waals surface area contributed by atoms with Crippen molar-refractivity contribution >= 4 is 12.1 Å². The number of aryl methyl sites for hydroxylation is 2. The Bertz CT molecular complexity index is 719. The minimum Gasteiger partial charge on any atom is -0.484 e. The molecule has 0 saturated carbocycles. The average molecular weight is 324 g/mol. The number of hydrogen-bond acceptors (Lipinski definition) is 3. The number of hydrogen-bond donors (Lipinski definition) is 1. The Labute approximate surface area is 143 Å². The zero-order valence-corrected chi connectivity index (χ0v) is 14.7. The highest BCUT2D eigenvalue weighted by Crippen LogP contribution is 2.23. The fraction of sp³-hybridized carbons (Fsp3) is 0.300. The molecule has 0 saturated heterocycles. The van der Waals surface area contributed by atoms with E-state index in [0.29, 0.717) is 11.7 Å². The average Bonchev–Trinajstić information content (AvgIpc) is 2.54. The van der Waals surface area contributed by atoms with E-state index in [1.807, 2.05) is 56.3 Å². The second kappa shape index (κ2) is 8.29. The lowest BCUT2D eigenvalue weighted by molar-refractivity contribution is -0.123. The summed E-state index contributed by atoms with van der Waals surface area (Å²) >= 11 is 0. The molecule has 4 nitrogen and oxygen atoms in total. The van der Waals surface area contributed by atoms with Crippen LogP contribution in [0, 0.1) is 13.8 Å². The summed E-state index contributed by atoms with van der Waals surface area (Å²) in [5.74, 6) is 0.872. The van der Waals surface area contributed by atoms with Gasteiger partial charge in [-0.15, -0.1) is 0 Å². The Morgan fingerprint density at radius 1 is 1.17 bits per heavy atom. The van der Waals surface area contributed by atoms with Gasteiger partial charge in [-0.3, -0.25) is 4.79 Å². The van der Waals surface area contributed by atoms with Crippen molar-refractivity contribution in [3.63, 3.8) is 0 Å². The Kier molecular flexibility index (Phi) is 6.13. The Morgan fingerprint density at radius 2 is 1.88 bits per heavy atom. The number of benzene rings is 2. The summed E-state index contributed by atoms with van der Waals surface area (Å²) in [6.07, 6.45) is 1.61. The lowest BCUT2D eigenvalue weighted by Gasteiger charge is -2.12. The van der Waals surface area contributed by atoms with Gasteiger partial charge in [-0.2, -0.15) is 5.10 Å². The maximum Gasteiger partial charge on any atom is 0.277 e. The molecule has 24 heavy (non-hydrogen) atoms. The molecule has 0 atom stereocenters. The molecule has 1 N–H and O–H groups in total. The van der Waals surface area contributed by atoms with Gasteiger partial charge in [0.15, 0.2) is 6.61 Å². The van der Waals surface area contributed by atoms with E-state index >= 15 is 0 Å². The minimum atomic E-state index is -0.288. The second-order valence-electron chi connectivity index (χ2n) is 6.17. The SMILES string of the molecule is Cc1ccc(/C=N/NC(=O)COc2ccc(C(C)C)c(C)c2)cc1. The maximum absolute atomic E-state index is 11.8. The number of carbonyl (C=O) groups is 1. The summed E-state index contributed by atoms with van der Waals surface area (Å²) in [6, 6.07) is 13.8. The molecule has 0 bridgehead atoms. The lowest BCUT2D eigenvalue weighted by Crippen LogP contribution is -2.24. The summed E-state index contributed by atoms with van der Waals surface area (Å²) in [5, 5.41) is 3.93. The molecule has 0 aliphatic rings. The fourth-order valence-electron chi connectivity index (χ4n) is 2.40. The van der Waals surface area contributed by atoms with Crippen molar-refractivity contribution in [1.82, 2.24) is 5.43 Å².